The van der Waals surface area contributed by atoms with Crippen molar-refractivity contribution in [3.63, 3.8) is 0 Å². The van der Waals surface area contributed by atoms with Crippen molar-refractivity contribution in [1.29, 1.82) is 0 Å². The maximum Gasteiger partial charge on any atom is 0.410 e. The summed E-state index contributed by atoms with van der Waals surface area (Å²) in [6, 6.07) is 12.9. The number of hydrogen-bond acceptors (Lipinski definition) is 4. The quantitative estimate of drug-likeness (QED) is 0.382. The molecule has 2 aromatic heterocycles. The normalized spacial score (nSPS) is 15.1. The number of amides is 1. The summed E-state index contributed by atoms with van der Waals surface area (Å²) in [6.45, 7) is 6.95. The maximum absolute atomic E-state index is 13.6. The number of likely N-dealkylation sites (tertiary alicyclic amines) is 1. The van der Waals surface area contributed by atoms with Crippen LogP contribution in [0.3, 0.4) is 0 Å². The van der Waals surface area contributed by atoms with Gasteiger partial charge < -0.3 is 14.2 Å². The molecule has 0 N–H and O–H groups in total. The van der Waals surface area contributed by atoms with Crippen LogP contribution in [0.5, 0.6) is 0 Å². The fraction of sp³-hybridized carbons (Fsp3) is 0.370. The van der Waals surface area contributed by atoms with E-state index in [1.165, 1.54) is 17.7 Å². The second-order valence-corrected chi connectivity index (χ2v) is 10.1. The van der Waals surface area contributed by atoms with Gasteiger partial charge in [0.1, 0.15) is 11.4 Å². The molecule has 35 heavy (non-hydrogen) atoms. The lowest BCUT2D eigenvalue weighted by molar-refractivity contribution is 0.0205. The highest BCUT2D eigenvalue weighted by atomic mass is 19.1. The van der Waals surface area contributed by atoms with Crippen molar-refractivity contribution in [2.45, 2.75) is 45.1 Å². The van der Waals surface area contributed by atoms with Crippen LogP contribution in [0.4, 0.5) is 9.18 Å². The third kappa shape index (κ3) is 4.65. The van der Waals surface area contributed by atoms with Crippen molar-refractivity contribution in [1.82, 2.24) is 24.5 Å². The molecule has 3 heterocycles. The minimum absolute atomic E-state index is 0.254. The Labute approximate surface area is 204 Å². The van der Waals surface area contributed by atoms with Crippen molar-refractivity contribution in [3.8, 4) is 16.9 Å². The highest BCUT2D eigenvalue weighted by molar-refractivity contribution is 5.90. The predicted molar refractivity (Wildman–Crippen MR) is 133 cm³/mol. The number of rotatable bonds is 3. The molecule has 2 aromatic carbocycles. The molecule has 1 aliphatic rings. The highest BCUT2D eigenvalue weighted by Gasteiger charge is 2.29. The predicted octanol–water partition coefficient (Wildman–Crippen LogP) is 5.68. The third-order valence-corrected chi connectivity index (χ3v) is 6.54. The summed E-state index contributed by atoms with van der Waals surface area (Å²) in [5, 5.41) is 9.24. The Morgan fingerprint density at radius 3 is 2.43 bits per heavy atom. The van der Waals surface area contributed by atoms with Gasteiger partial charge in [-0.25, -0.2) is 13.9 Å². The Balaban J connectivity index is 1.51. The van der Waals surface area contributed by atoms with Gasteiger partial charge in [-0.1, -0.05) is 11.3 Å². The molecule has 1 saturated heterocycles. The van der Waals surface area contributed by atoms with Gasteiger partial charge in [-0.2, -0.15) is 0 Å². The lowest BCUT2D eigenvalue weighted by atomic mass is 9.89. The molecular weight excluding hydrogens is 445 g/mol. The minimum atomic E-state index is -0.506. The van der Waals surface area contributed by atoms with Crippen LogP contribution in [0.1, 0.15) is 45.1 Å². The Bertz CT molecular complexity index is 1360. The third-order valence-electron chi connectivity index (χ3n) is 6.54. The smallest absolute Gasteiger partial charge is 0.410 e. The maximum atomic E-state index is 13.6. The number of aromatic nitrogens is 4. The molecule has 7 nitrogen and oxygen atoms in total. The number of nitrogens with zero attached hydrogens (tertiary/aromatic N) is 5. The first-order valence-corrected chi connectivity index (χ1v) is 11.9. The van der Waals surface area contributed by atoms with Crippen LogP contribution in [0.2, 0.25) is 0 Å². The van der Waals surface area contributed by atoms with E-state index in [0.717, 1.165) is 40.7 Å². The second kappa shape index (κ2) is 8.83. The van der Waals surface area contributed by atoms with Crippen molar-refractivity contribution < 1.29 is 13.9 Å². The van der Waals surface area contributed by atoms with Gasteiger partial charge in [-0.3, -0.25) is 0 Å². The van der Waals surface area contributed by atoms with E-state index >= 15 is 0 Å². The summed E-state index contributed by atoms with van der Waals surface area (Å²) in [4.78, 5) is 14.3. The number of carbonyl (C=O) groups is 1. The molecule has 182 valence electrons. The number of halogens is 1. The first-order valence-electron chi connectivity index (χ1n) is 11.9. The van der Waals surface area contributed by atoms with E-state index < -0.39 is 5.60 Å². The lowest BCUT2D eigenvalue weighted by Gasteiger charge is -2.33. The lowest BCUT2D eigenvalue weighted by Crippen LogP contribution is -2.41. The summed E-state index contributed by atoms with van der Waals surface area (Å²) in [5.41, 5.74) is 4.66. The average Bonchev–Trinajstić information content (AvgIpc) is 3.42. The minimum Gasteiger partial charge on any atom is -0.444 e. The van der Waals surface area contributed by atoms with Gasteiger partial charge >= 0.3 is 6.09 Å². The Morgan fingerprint density at radius 1 is 1.09 bits per heavy atom. The first-order chi connectivity index (χ1) is 16.7. The van der Waals surface area contributed by atoms with Crippen LogP contribution >= 0.6 is 0 Å². The van der Waals surface area contributed by atoms with Crippen LogP contribution < -0.4 is 0 Å². The SMILES string of the molecule is Cn1nncc1-c1ccc2c(c1)c(C1CCN(C(=O)OC(C)(C)C)CC1)cn2-c1ccc(F)cc1. The number of ether oxygens (including phenoxy) is 1. The van der Waals surface area contributed by atoms with E-state index in [0.29, 0.717) is 13.1 Å². The van der Waals surface area contributed by atoms with Crippen LogP contribution in [-0.4, -0.2) is 49.2 Å². The van der Waals surface area contributed by atoms with E-state index in [4.69, 9.17) is 4.74 Å². The topological polar surface area (TPSA) is 65.2 Å². The molecule has 5 rings (SSSR count). The van der Waals surface area contributed by atoms with Gasteiger partial charge in [0, 0.05) is 43.0 Å². The molecular formula is C27H30FN5O2. The highest BCUT2D eigenvalue weighted by Crippen LogP contribution is 2.37. The summed E-state index contributed by atoms with van der Waals surface area (Å²) >= 11 is 0. The van der Waals surface area contributed by atoms with Crippen LogP contribution in [0, 0.1) is 5.82 Å². The van der Waals surface area contributed by atoms with E-state index in [1.54, 1.807) is 27.9 Å². The first kappa shape index (κ1) is 23.1. The van der Waals surface area contributed by atoms with Gasteiger partial charge in [0.2, 0.25) is 0 Å². The van der Waals surface area contributed by atoms with Crippen molar-refractivity contribution >= 4 is 17.0 Å². The van der Waals surface area contributed by atoms with Gasteiger partial charge in [-0.15, -0.1) is 5.10 Å². The Kier molecular flexibility index (Phi) is 5.83. The molecule has 0 spiro atoms. The summed E-state index contributed by atoms with van der Waals surface area (Å²) in [6.07, 6.45) is 5.36. The summed E-state index contributed by atoms with van der Waals surface area (Å²) in [7, 11) is 1.88. The zero-order valence-electron chi connectivity index (χ0n) is 20.5. The molecule has 0 bridgehead atoms. The Hall–Kier alpha value is -3.68. The van der Waals surface area contributed by atoms with Crippen LogP contribution in [0.25, 0.3) is 27.8 Å². The van der Waals surface area contributed by atoms with Crippen molar-refractivity contribution in [2.24, 2.45) is 7.05 Å². The number of piperidine rings is 1. The number of hydrogen-bond donors (Lipinski definition) is 0. The molecule has 0 aliphatic carbocycles. The van der Waals surface area contributed by atoms with Crippen molar-refractivity contribution in [2.75, 3.05) is 13.1 Å². The monoisotopic (exact) mass is 475 g/mol. The largest absolute Gasteiger partial charge is 0.444 e. The number of carbonyl (C=O) groups excluding carboxylic acids is 1. The second-order valence-electron chi connectivity index (χ2n) is 10.1. The molecule has 1 aliphatic heterocycles. The van der Waals surface area contributed by atoms with E-state index in [1.807, 2.05) is 27.8 Å². The summed E-state index contributed by atoms with van der Waals surface area (Å²) < 4.78 is 23.0. The fourth-order valence-corrected chi connectivity index (χ4v) is 4.81. The van der Waals surface area contributed by atoms with Gasteiger partial charge in [-0.05, 0) is 81.5 Å². The van der Waals surface area contributed by atoms with E-state index in [9.17, 15) is 9.18 Å². The molecule has 4 aromatic rings. The Morgan fingerprint density at radius 2 is 1.80 bits per heavy atom. The number of aryl methyl sites for hydroxylation is 1. The van der Waals surface area contributed by atoms with Crippen LogP contribution in [-0.2, 0) is 11.8 Å². The zero-order valence-corrected chi connectivity index (χ0v) is 20.5. The molecule has 0 radical (unpaired) electrons. The van der Waals surface area contributed by atoms with E-state index in [2.05, 4.69) is 39.3 Å². The molecule has 1 amide bonds. The average molecular weight is 476 g/mol. The molecule has 0 saturated carbocycles. The van der Waals surface area contributed by atoms with Crippen LogP contribution in [0.15, 0.2) is 54.9 Å². The molecule has 8 heteroatoms. The number of benzene rings is 2. The van der Waals surface area contributed by atoms with Gasteiger partial charge in [0.05, 0.1) is 17.4 Å². The zero-order chi connectivity index (χ0) is 24.7. The molecule has 0 unspecified atom stereocenters. The van der Waals surface area contributed by atoms with Crippen molar-refractivity contribution in [3.05, 3.63) is 66.2 Å². The summed E-state index contributed by atoms with van der Waals surface area (Å²) in [5.74, 6) is 0.0312. The number of fused-ring (bicyclic) bond motifs is 1. The van der Waals surface area contributed by atoms with Gasteiger partial charge in [0.25, 0.3) is 0 Å². The molecule has 0 atom stereocenters. The standard InChI is InChI=1S/C27H30FN5O2/c1-27(2,3)35-26(34)32-13-11-18(12-14-32)23-17-33(21-8-6-20(28)7-9-21)24-10-5-19(15-22(23)24)25-16-29-30-31(25)4/h5-10,15-18H,11-14H2,1-4H3. The van der Waals surface area contributed by atoms with E-state index in [-0.39, 0.29) is 17.8 Å². The fourth-order valence-electron chi connectivity index (χ4n) is 4.81. The molecule has 1 fully saturated rings. The van der Waals surface area contributed by atoms with Gasteiger partial charge in [0.15, 0.2) is 0 Å².